The summed E-state index contributed by atoms with van der Waals surface area (Å²) in [5.41, 5.74) is 1.97. The molecule has 1 aromatic rings. The number of carbonyl (C=O) groups is 1. The van der Waals surface area contributed by atoms with E-state index in [1.165, 1.54) is 19.1 Å². The lowest BCUT2D eigenvalue weighted by atomic mass is 10.0. The zero-order valence-corrected chi connectivity index (χ0v) is 13.0. The van der Waals surface area contributed by atoms with E-state index in [-0.39, 0.29) is 5.97 Å². The van der Waals surface area contributed by atoms with Gasteiger partial charge in [-0.1, -0.05) is 18.2 Å². The summed E-state index contributed by atoms with van der Waals surface area (Å²) in [6, 6.07) is 8.66. The van der Waals surface area contributed by atoms with E-state index in [1.54, 1.807) is 14.0 Å². The van der Waals surface area contributed by atoms with Crippen molar-refractivity contribution in [1.29, 1.82) is 0 Å². The first kappa shape index (κ1) is 15.6. The summed E-state index contributed by atoms with van der Waals surface area (Å²) in [6.45, 7) is 3.63. The van der Waals surface area contributed by atoms with Crippen LogP contribution in [-0.4, -0.2) is 38.2 Å². The third kappa shape index (κ3) is 3.85. The first-order valence-corrected chi connectivity index (χ1v) is 7.28. The molecule has 1 aliphatic heterocycles. The van der Waals surface area contributed by atoms with Gasteiger partial charge in [0.2, 0.25) is 0 Å². The number of methoxy groups -OCH3 is 2. The summed E-state index contributed by atoms with van der Waals surface area (Å²) >= 11 is 0. The quantitative estimate of drug-likeness (QED) is 0.617. The second-order valence-electron chi connectivity index (χ2n) is 5.30. The van der Waals surface area contributed by atoms with Gasteiger partial charge in [-0.05, 0) is 44.0 Å². The fourth-order valence-corrected chi connectivity index (χ4v) is 2.75. The van der Waals surface area contributed by atoms with Gasteiger partial charge in [0, 0.05) is 18.2 Å². The van der Waals surface area contributed by atoms with E-state index < -0.39 is 0 Å². The molecule has 1 unspecified atom stereocenters. The lowest BCUT2D eigenvalue weighted by Gasteiger charge is -2.23. The zero-order valence-electron chi connectivity index (χ0n) is 13.0. The molecule has 1 aromatic carbocycles. The number of nitrogens with zero attached hydrogens (tertiary/aromatic N) is 1. The first-order valence-electron chi connectivity index (χ1n) is 7.28. The first-order chi connectivity index (χ1) is 10.2. The second-order valence-corrected chi connectivity index (χ2v) is 5.30. The largest absolute Gasteiger partial charge is 0.497 e. The molecule has 0 spiro atoms. The van der Waals surface area contributed by atoms with Crippen molar-refractivity contribution in [2.45, 2.75) is 25.8 Å². The Bertz CT molecular complexity index is 507. The van der Waals surface area contributed by atoms with Gasteiger partial charge < -0.3 is 9.47 Å². The lowest BCUT2D eigenvalue weighted by molar-refractivity contribution is -0.136. The molecular weight excluding hydrogens is 266 g/mol. The Labute approximate surface area is 126 Å². The molecule has 0 saturated carbocycles. The predicted octanol–water partition coefficient (Wildman–Crippen LogP) is 2.95. The van der Waals surface area contributed by atoms with Crippen molar-refractivity contribution in [3.05, 3.63) is 41.5 Å². The monoisotopic (exact) mass is 289 g/mol. The highest BCUT2D eigenvalue weighted by Crippen LogP contribution is 2.32. The van der Waals surface area contributed by atoms with E-state index in [0.717, 1.165) is 25.3 Å². The SMILES string of the molecule is COC(=O)C(C)=CCN1CCCC1c1ccc(OC)cc1. The third-order valence-electron chi connectivity index (χ3n) is 4.00. The van der Waals surface area contributed by atoms with Gasteiger partial charge in [0.25, 0.3) is 0 Å². The molecule has 21 heavy (non-hydrogen) atoms. The maximum absolute atomic E-state index is 11.4. The molecule has 1 atom stereocenters. The summed E-state index contributed by atoms with van der Waals surface area (Å²) in [7, 11) is 3.09. The molecule has 1 heterocycles. The van der Waals surface area contributed by atoms with Crippen molar-refractivity contribution < 1.29 is 14.3 Å². The molecule has 0 bridgehead atoms. The number of hydrogen-bond acceptors (Lipinski definition) is 4. The molecule has 1 saturated heterocycles. The minimum Gasteiger partial charge on any atom is -0.497 e. The molecule has 0 aliphatic carbocycles. The number of rotatable bonds is 5. The number of benzene rings is 1. The van der Waals surface area contributed by atoms with Crippen LogP contribution < -0.4 is 4.74 Å². The van der Waals surface area contributed by atoms with Crippen LogP contribution in [0.2, 0.25) is 0 Å². The number of esters is 1. The zero-order chi connectivity index (χ0) is 15.2. The molecule has 0 radical (unpaired) electrons. The average molecular weight is 289 g/mol. The van der Waals surface area contributed by atoms with Gasteiger partial charge in [-0.25, -0.2) is 4.79 Å². The number of ether oxygens (including phenoxy) is 2. The van der Waals surface area contributed by atoms with Gasteiger partial charge in [-0.15, -0.1) is 0 Å². The van der Waals surface area contributed by atoms with Crippen molar-refractivity contribution in [2.24, 2.45) is 0 Å². The van der Waals surface area contributed by atoms with Gasteiger partial charge in [0.15, 0.2) is 0 Å². The molecule has 0 aromatic heterocycles. The van der Waals surface area contributed by atoms with E-state index in [0.29, 0.717) is 11.6 Å². The summed E-state index contributed by atoms with van der Waals surface area (Å²) in [4.78, 5) is 13.8. The number of likely N-dealkylation sites (tertiary alicyclic amines) is 1. The normalized spacial score (nSPS) is 19.6. The summed E-state index contributed by atoms with van der Waals surface area (Å²) < 4.78 is 9.93. The van der Waals surface area contributed by atoms with Crippen LogP contribution in [0, 0.1) is 0 Å². The van der Waals surface area contributed by atoms with E-state index in [1.807, 2.05) is 18.2 Å². The number of carbonyl (C=O) groups excluding carboxylic acids is 1. The van der Waals surface area contributed by atoms with Crippen LogP contribution in [0.5, 0.6) is 5.75 Å². The van der Waals surface area contributed by atoms with E-state index in [9.17, 15) is 4.79 Å². The maximum atomic E-state index is 11.4. The molecule has 4 heteroatoms. The molecular formula is C17H23NO3. The molecule has 0 amide bonds. The van der Waals surface area contributed by atoms with Crippen LogP contribution >= 0.6 is 0 Å². The highest BCUT2D eigenvalue weighted by molar-refractivity contribution is 5.87. The topological polar surface area (TPSA) is 38.8 Å². The van der Waals surface area contributed by atoms with Gasteiger partial charge >= 0.3 is 5.97 Å². The highest BCUT2D eigenvalue weighted by atomic mass is 16.5. The molecule has 4 nitrogen and oxygen atoms in total. The maximum Gasteiger partial charge on any atom is 0.333 e. The lowest BCUT2D eigenvalue weighted by Crippen LogP contribution is -2.24. The molecule has 1 aliphatic rings. The fourth-order valence-electron chi connectivity index (χ4n) is 2.75. The average Bonchev–Trinajstić information content (AvgIpc) is 3.00. The number of hydrogen-bond donors (Lipinski definition) is 0. The highest BCUT2D eigenvalue weighted by Gasteiger charge is 2.25. The Balaban J connectivity index is 2.04. The Hall–Kier alpha value is -1.81. The summed E-state index contributed by atoms with van der Waals surface area (Å²) in [5.74, 6) is 0.625. The third-order valence-corrected chi connectivity index (χ3v) is 4.00. The minimum absolute atomic E-state index is 0.254. The predicted molar refractivity (Wildman–Crippen MR) is 82.3 cm³/mol. The van der Waals surface area contributed by atoms with Crippen LogP contribution in [0.15, 0.2) is 35.9 Å². The molecule has 0 N–H and O–H groups in total. The summed E-state index contributed by atoms with van der Waals surface area (Å²) in [5, 5.41) is 0. The van der Waals surface area contributed by atoms with Gasteiger partial charge in [0.1, 0.15) is 5.75 Å². The Morgan fingerprint density at radius 2 is 2.05 bits per heavy atom. The standard InChI is InChI=1S/C17H23NO3/c1-13(17(19)21-3)10-12-18-11-4-5-16(18)14-6-8-15(20-2)9-7-14/h6-10,16H,4-5,11-12H2,1-3H3. The second kappa shape index (κ2) is 7.27. The van der Waals surface area contributed by atoms with Gasteiger partial charge in [0.05, 0.1) is 14.2 Å². The van der Waals surface area contributed by atoms with Crippen LogP contribution in [0.3, 0.4) is 0 Å². The van der Waals surface area contributed by atoms with Crippen molar-refractivity contribution >= 4 is 5.97 Å². The van der Waals surface area contributed by atoms with Crippen molar-refractivity contribution in [3.8, 4) is 5.75 Å². The summed E-state index contributed by atoms with van der Waals surface area (Å²) in [6.07, 6.45) is 4.28. The molecule has 1 fully saturated rings. The minimum atomic E-state index is -0.254. The van der Waals surface area contributed by atoms with Crippen molar-refractivity contribution in [1.82, 2.24) is 4.90 Å². The van der Waals surface area contributed by atoms with Crippen LogP contribution in [-0.2, 0) is 9.53 Å². The molecule has 114 valence electrons. The van der Waals surface area contributed by atoms with Crippen LogP contribution in [0.1, 0.15) is 31.4 Å². The van der Waals surface area contributed by atoms with E-state index >= 15 is 0 Å². The Morgan fingerprint density at radius 3 is 2.67 bits per heavy atom. The van der Waals surface area contributed by atoms with E-state index in [2.05, 4.69) is 17.0 Å². The van der Waals surface area contributed by atoms with Crippen molar-refractivity contribution in [2.75, 3.05) is 27.3 Å². The van der Waals surface area contributed by atoms with Crippen LogP contribution in [0.4, 0.5) is 0 Å². The Kier molecular flexibility index (Phi) is 5.39. The molecule has 2 rings (SSSR count). The van der Waals surface area contributed by atoms with Gasteiger partial charge in [-0.3, -0.25) is 4.90 Å². The Morgan fingerprint density at radius 1 is 1.33 bits per heavy atom. The smallest absolute Gasteiger partial charge is 0.333 e. The van der Waals surface area contributed by atoms with Crippen molar-refractivity contribution in [3.63, 3.8) is 0 Å². The van der Waals surface area contributed by atoms with Gasteiger partial charge in [-0.2, -0.15) is 0 Å². The fraction of sp³-hybridized carbons (Fsp3) is 0.471. The van der Waals surface area contributed by atoms with Crippen LogP contribution in [0.25, 0.3) is 0 Å². The van der Waals surface area contributed by atoms with E-state index in [4.69, 9.17) is 9.47 Å².